The van der Waals surface area contributed by atoms with Gasteiger partial charge in [-0.15, -0.1) is 0 Å². The van der Waals surface area contributed by atoms with Crippen LogP contribution < -0.4 is 4.90 Å². The maximum absolute atomic E-state index is 5.20. The van der Waals surface area contributed by atoms with Gasteiger partial charge in [0.05, 0.1) is 16.9 Å². The molecule has 1 aliphatic rings. The van der Waals surface area contributed by atoms with Gasteiger partial charge in [-0.05, 0) is 35.0 Å². The van der Waals surface area contributed by atoms with Crippen molar-refractivity contribution >= 4 is 39.1 Å². The van der Waals surface area contributed by atoms with E-state index in [-0.39, 0.29) is 0 Å². The van der Waals surface area contributed by atoms with Crippen LogP contribution in [0.3, 0.4) is 0 Å². The second-order valence-corrected chi connectivity index (χ2v) is 10.9. The summed E-state index contributed by atoms with van der Waals surface area (Å²) in [5, 5.41) is 3.51. The van der Waals surface area contributed by atoms with Gasteiger partial charge in [0.2, 0.25) is 5.95 Å². The fourth-order valence-electron chi connectivity index (χ4n) is 6.40. The molecule has 0 radical (unpaired) electrons. The number of hydrogen-bond acceptors (Lipinski definition) is 4. The van der Waals surface area contributed by atoms with Gasteiger partial charge >= 0.3 is 0 Å². The van der Waals surface area contributed by atoms with Crippen molar-refractivity contribution in [2.75, 3.05) is 4.90 Å². The Hall–Kier alpha value is -6.07. The molecule has 0 atom stereocenters. The van der Waals surface area contributed by atoms with Crippen LogP contribution in [0, 0.1) is 0 Å². The summed E-state index contributed by atoms with van der Waals surface area (Å²) in [4.78, 5) is 17.6. The zero-order valence-electron chi connectivity index (χ0n) is 23.7. The Bertz CT molecular complexity index is 2280. The predicted molar refractivity (Wildman–Crippen MR) is 179 cm³/mol. The molecule has 8 aromatic rings. The third-order valence-corrected chi connectivity index (χ3v) is 8.37. The number of aromatic nitrogens is 4. The number of anilines is 3. The number of rotatable bonds is 3. The lowest BCUT2D eigenvalue weighted by Gasteiger charge is -2.25. The number of nitrogens with zero attached hydrogens (tertiary/aromatic N) is 5. The minimum absolute atomic E-state index is 0.561. The van der Waals surface area contributed by atoms with Crippen molar-refractivity contribution in [1.82, 2.24) is 19.5 Å². The van der Waals surface area contributed by atoms with E-state index in [4.69, 9.17) is 15.0 Å². The monoisotopic (exact) mass is 563 g/mol. The van der Waals surface area contributed by atoms with E-state index in [1.807, 2.05) is 60.7 Å². The van der Waals surface area contributed by atoms with Crippen LogP contribution in [0.1, 0.15) is 0 Å². The van der Waals surface area contributed by atoms with E-state index in [0.717, 1.165) is 50.3 Å². The minimum atomic E-state index is 0.561. The van der Waals surface area contributed by atoms with Crippen molar-refractivity contribution in [2.45, 2.75) is 0 Å². The van der Waals surface area contributed by atoms with Crippen molar-refractivity contribution in [1.29, 1.82) is 0 Å². The van der Waals surface area contributed by atoms with Gasteiger partial charge in [-0.1, -0.05) is 127 Å². The highest BCUT2D eigenvalue weighted by Gasteiger charge is 2.31. The molecule has 44 heavy (non-hydrogen) atoms. The molecular formula is C39H25N5. The van der Waals surface area contributed by atoms with Crippen LogP contribution in [0.4, 0.5) is 17.5 Å². The van der Waals surface area contributed by atoms with Crippen LogP contribution in [0.15, 0.2) is 152 Å². The van der Waals surface area contributed by atoms with Gasteiger partial charge in [0.25, 0.3) is 0 Å². The van der Waals surface area contributed by atoms with Crippen LogP contribution in [-0.4, -0.2) is 19.5 Å². The number of benzene rings is 6. The van der Waals surface area contributed by atoms with E-state index < -0.39 is 0 Å². The summed E-state index contributed by atoms with van der Waals surface area (Å²) >= 11 is 0. The minimum Gasteiger partial charge on any atom is -0.295 e. The van der Waals surface area contributed by atoms with Crippen molar-refractivity contribution in [3.63, 3.8) is 0 Å². The largest absolute Gasteiger partial charge is 0.295 e. The SMILES string of the molecule is c1ccc(-c2nc(-c3ccccc3)nc(N3c4ccc5ccccc5c4-c4ccccc4-n4c3cc3ccccc34)n2)cc1. The molecule has 3 heterocycles. The Morgan fingerprint density at radius 2 is 1.07 bits per heavy atom. The topological polar surface area (TPSA) is 46.8 Å². The van der Waals surface area contributed by atoms with Crippen molar-refractivity contribution < 1.29 is 0 Å². The molecule has 0 unspecified atom stereocenters. The van der Waals surface area contributed by atoms with Crippen LogP contribution in [0.25, 0.3) is 61.3 Å². The predicted octanol–water partition coefficient (Wildman–Crippen LogP) is 9.75. The Kier molecular flexibility index (Phi) is 5.43. The van der Waals surface area contributed by atoms with Gasteiger partial charge in [0, 0.05) is 27.6 Å². The molecule has 0 saturated heterocycles. The third kappa shape index (κ3) is 3.76. The fourth-order valence-corrected chi connectivity index (χ4v) is 6.40. The molecule has 0 amide bonds. The summed E-state index contributed by atoms with van der Waals surface area (Å²) in [5.41, 5.74) is 7.43. The quantitative estimate of drug-likeness (QED) is 0.215. The van der Waals surface area contributed by atoms with Gasteiger partial charge in [-0.2, -0.15) is 9.97 Å². The van der Waals surface area contributed by atoms with Crippen LogP contribution in [0.2, 0.25) is 0 Å². The molecule has 1 aliphatic heterocycles. The van der Waals surface area contributed by atoms with E-state index in [9.17, 15) is 0 Å². The standard InChI is InChI=1S/C39H25N5/c1-3-14-27(15-4-1)37-40-38(28-16-5-2-6-17-28)42-39(41-37)44-34-24-23-26-13-7-9-19-30(26)36(34)31-20-10-12-22-33(31)43-32-21-11-8-18-29(32)25-35(43)44/h1-25H. The van der Waals surface area contributed by atoms with Crippen LogP contribution >= 0.6 is 0 Å². The third-order valence-electron chi connectivity index (χ3n) is 8.37. The van der Waals surface area contributed by atoms with Crippen LogP contribution in [-0.2, 0) is 0 Å². The molecule has 0 fully saturated rings. The summed E-state index contributed by atoms with van der Waals surface area (Å²) in [6.07, 6.45) is 0. The van der Waals surface area contributed by atoms with Gasteiger partial charge in [-0.3, -0.25) is 9.47 Å². The number of fused-ring (bicyclic) bond motifs is 9. The molecule has 0 saturated carbocycles. The Balaban J connectivity index is 1.43. The second-order valence-electron chi connectivity index (χ2n) is 10.9. The lowest BCUT2D eigenvalue weighted by atomic mass is 9.95. The molecule has 206 valence electrons. The lowest BCUT2D eigenvalue weighted by Crippen LogP contribution is -2.17. The molecule has 6 aromatic carbocycles. The Labute approximate surface area is 254 Å². The normalized spacial score (nSPS) is 12.0. The highest BCUT2D eigenvalue weighted by molar-refractivity contribution is 6.09. The Morgan fingerprint density at radius 1 is 0.455 bits per heavy atom. The molecule has 0 bridgehead atoms. The van der Waals surface area contributed by atoms with Gasteiger partial charge in [-0.25, -0.2) is 4.98 Å². The smallest absolute Gasteiger partial charge is 0.239 e. The first-order chi connectivity index (χ1) is 21.8. The zero-order chi connectivity index (χ0) is 29.0. The maximum atomic E-state index is 5.20. The van der Waals surface area contributed by atoms with Gasteiger partial charge in [0.15, 0.2) is 11.6 Å². The summed E-state index contributed by atoms with van der Waals surface area (Å²) in [5.74, 6) is 2.78. The first kappa shape index (κ1) is 24.5. The summed E-state index contributed by atoms with van der Waals surface area (Å²) in [6.45, 7) is 0. The molecule has 0 N–H and O–H groups in total. The van der Waals surface area contributed by atoms with Gasteiger partial charge in [0.1, 0.15) is 5.82 Å². The summed E-state index contributed by atoms with van der Waals surface area (Å²) < 4.78 is 2.34. The molecular weight excluding hydrogens is 538 g/mol. The number of hydrogen-bond donors (Lipinski definition) is 0. The second kappa shape index (κ2) is 9.75. The molecule has 5 heteroatoms. The Morgan fingerprint density at radius 3 is 1.82 bits per heavy atom. The number of para-hydroxylation sites is 2. The van der Waals surface area contributed by atoms with Crippen LogP contribution in [0.5, 0.6) is 0 Å². The fraction of sp³-hybridized carbons (Fsp3) is 0. The van der Waals surface area contributed by atoms with E-state index >= 15 is 0 Å². The van der Waals surface area contributed by atoms with E-state index in [1.54, 1.807) is 0 Å². The molecule has 5 nitrogen and oxygen atoms in total. The first-order valence-electron chi connectivity index (χ1n) is 14.7. The maximum Gasteiger partial charge on any atom is 0.239 e. The molecule has 9 rings (SSSR count). The van der Waals surface area contributed by atoms with Crippen molar-refractivity contribution in [3.8, 4) is 39.6 Å². The van der Waals surface area contributed by atoms with E-state index in [0.29, 0.717) is 17.6 Å². The van der Waals surface area contributed by atoms with E-state index in [1.165, 1.54) is 10.8 Å². The van der Waals surface area contributed by atoms with Crippen molar-refractivity contribution in [2.24, 2.45) is 0 Å². The first-order valence-corrected chi connectivity index (χ1v) is 14.7. The zero-order valence-corrected chi connectivity index (χ0v) is 23.7. The molecule has 0 aliphatic carbocycles. The summed E-state index contributed by atoms with van der Waals surface area (Å²) in [6, 6.07) is 52.7. The molecule has 0 spiro atoms. The van der Waals surface area contributed by atoms with Crippen molar-refractivity contribution in [3.05, 3.63) is 152 Å². The summed E-state index contributed by atoms with van der Waals surface area (Å²) in [7, 11) is 0. The average Bonchev–Trinajstić information content (AvgIpc) is 3.42. The van der Waals surface area contributed by atoms with E-state index in [2.05, 4.69) is 100 Å². The molecule has 2 aromatic heterocycles. The highest BCUT2D eigenvalue weighted by atomic mass is 15.3. The average molecular weight is 564 g/mol. The van der Waals surface area contributed by atoms with Gasteiger partial charge < -0.3 is 0 Å². The highest BCUT2D eigenvalue weighted by Crippen LogP contribution is 2.50. The lowest BCUT2D eigenvalue weighted by molar-refractivity contribution is 0.995.